The molecular weight excluding hydrogens is 331 g/mol. The van der Waals surface area contributed by atoms with Crippen molar-refractivity contribution in [3.05, 3.63) is 35.6 Å². The molecule has 0 amide bonds. The van der Waals surface area contributed by atoms with Crippen molar-refractivity contribution in [1.82, 2.24) is 14.9 Å². The summed E-state index contributed by atoms with van der Waals surface area (Å²) < 4.78 is 38.1. The Hall–Kier alpha value is -1.67. The lowest BCUT2D eigenvalue weighted by atomic mass is 10.1. The fourth-order valence-corrected chi connectivity index (χ4v) is 4.09. The molecule has 1 fully saturated rings. The quantitative estimate of drug-likeness (QED) is 0.564. The lowest BCUT2D eigenvalue weighted by molar-refractivity contribution is 0.452. The minimum absolute atomic E-state index is 0.236. The van der Waals surface area contributed by atoms with E-state index in [1.54, 1.807) is 6.07 Å². The van der Waals surface area contributed by atoms with Gasteiger partial charge in [0.2, 0.25) is 10.0 Å². The number of nitrogens with one attached hydrogen (secondary N) is 2. The Balaban J connectivity index is 1.80. The van der Waals surface area contributed by atoms with Gasteiger partial charge in [0.05, 0.1) is 12.3 Å². The zero-order chi connectivity index (χ0) is 17.4. The average molecular weight is 356 g/mol. The summed E-state index contributed by atoms with van der Waals surface area (Å²) >= 11 is 0. The van der Waals surface area contributed by atoms with Crippen molar-refractivity contribution < 1.29 is 12.8 Å². The van der Waals surface area contributed by atoms with Crippen molar-refractivity contribution in [3.8, 4) is 0 Å². The van der Waals surface area contributed by atoms with E-state index in [2.05, 4.69) is 15.6 Å². The van der Waals surface area contributed by atoms with Crippen LogP contribution in [0, 0.1) is 5.82 Å². The summed E-state index contributed by atoms with van der Waals surface area (Å²) in [5, 5.41) is 6.31. The Kier molecular flexibility index (Phi) is 6.99. The van der Waals surface area contributed by atoms with E-state index in [0.717, 1.165) is 5.56 Å². The number of rotatable bonds is 7. The molecule has 6 nitrogen and oxygen atoms in total. The molecule has 1 aliphatic rings. The molecule has 0 saturated carbocycles. The van der Waals surface area contributed by atoms with Crippen molar-refractivity contribution in [2.24, 2.45) is 4.99 Å². The molecule has 2 N–H and O–H groups in total. The molecule has 1 heterocycles. The van der Waals surface area contributed by atoms with Crippen LogP contribution in [0.1, 0.15) is 18.9 Å². The van der Waals surface area contributed by atoms with E-state index >= 15 is 0 Å². The van der Waals surface area contributed by atoms with Crippen molar-refractivity contribution in [3.63, 3.8) is 0 Å². The maximum Gasteiger partial charge on any atom is 0.214 e. The predicted octanol–water partition coefficient (Wildman–Crippen LogP) is 0.959. The highest BCUT2D eigenvalue weighted by Crippen LogP contribution is 2.12. The topological polar surface area (TPSA) is 73.8 Å². The Morgan fingerprint density at radius 1 is 1.38 bits per heavy atom. The van der Waals surface area contributed by atoms with Crippen molar-refractivity contribution >= 4 is 16.0 Å². The second kappa shape index (κ2) is 8.98. The van der Waals surface area contributed by atoms with Gasteiger partial charge in [0.25, 0.3) is 0 Å². The third kappa shape index (κ3) is 5.76. The molecule has 134 valence electrons. The second-order valence-corrected chi connectivity index (χ2v) is 7.72. The fourth-order valence-electron chi connectivity index (χ4n) is 2.58. The van der Waals surface area contributed by atoms with E-state index < -0.39 is 10.0 Å². The number of guanidine groups is 1. The van der Waals surface area contributed by atoms with E-state index in [1.165, 1.54) is 16.4 Å². The van der Waals surface area contributed by atoms with Gasteiger partial charge in [0.1, 0.15) is 5.82 Å². The molecule has 1 aromatic rings. The Morgan fingerprint density at radius 3 is 2.88 bits per heavy atom. The van der Waals surface area contributed by atoms with E-state index in [9.17, 15) is 12.8 Å². The SMILES string of the molecule is CCNC(=NCCN1CCCS1(=O)=O)NCCc1cccc(F)c1. The largest absolute Gasteiger partial charge is 0.357 e. The summed E-state index contributed by atoms with van der Waals surface area (Å²) in [6.07, 6.45) is 1.38. The predicted molar refractivity (Wildman–Crippen MR) is 94.1 cm³/mol. The molecule has 0 radical (unpaired) electrons. The van der Waals surface area contributed by atoms with Gasteiger partial charge in [-0.3, -0.25) is 4.99 Å². The van der Waals surface area contributed by atoms with Crippen LogP contribution in [-0.4, -0.2) is 57.2 Å². The van der Waals surface area contributed by atoms with Crippen LogP contribution in [0.5, 0.6) is 0 Å². The van der Waals surface area contributed by atoms with E-state index in [0.29, 0.717) is 51.5 Å². The van der Waals surface area contributed by atoms with Gasteiger partial charge in [-0.25, -0.2) is 17.1 Å². The molecule has 2 rings (SSSR count). The van der Waals surface area contributed by atoms with Gasteiger partial charge >= 0.3 is 0 Å². The summed E-state index contributed by atoms with van der Waals surface area (Å²) in [6.45, 7) is 4.71. The molecular formula is C16H25FN4O2S. The van der Waals surface area contributed by atoms with Crippen molar-refractivity contribution in [2.75, 3.05) is 38.5 Å². The van der Waals surface area contributed by atoms with Crippen LogP contribution in [0.25, 0.3) is 0 Å². The first-order chi connectivity index (χ1) is 11.5. The first kappa shape index (κ1) is 18.7. The number of halogens is 1. The number of hydrogen-bond donors (Lipinski definition) is 2. The smallest absolute Gasteiger partial charge is 0.214 e. The Bertz CT molecular complexity index is 664. The highest BCUT2D eigenvalue weighted by molar-refractivity contribution is 7.89. The van der Waals surface area contributed by atoms with Crippen LogP contribution in [0.4, 0.5) is 4.39 Å². The fraction of sp³-hybridized carbons (Fsp3) is 0.562. The molecule has 0 aliphatic carbocycles. The van der Waals surface area contributed by atoms with Gasteiger partial charge in [-0.2, -0.15) is 0 Å². The molecule has 0 aromatic heterocycles. The number of aliphatic imine (C=N–C) groups is 1. The molecule has 8 heteroatoms. The first-order valence-corrected chi connectivity index (χ1v) is 9.86. The van der Waals surface area contributed by atoms with E-state index in [4.69, 9.17) is 0 Å². The van der Waals surface area contributed by atoms with Gasteiger partial charge in [-0.05, 0) is 37.5 Å². The number of hydrogen-bond acceptors (Lipinski definition) is 3. The van der Waals surface area contributed by atoms with Crippen LogP contribution in [0.3, 0.4) is 0 Å². The lowest BCUT2D eigenvalue weighted by Crippen LogP contribution is -2.39. The molecule has 24 heavy (non-hydrogen) atoms. The summed E-state index contributed by atoms with van der Waals surface area (Å²) in [4.78, 5) is 4.41. The summed E-state index contributed by atoms with van der Waals surface area (Å²) in [6, 6.07) is 6.52. The Labute approximate surface area is 143 Å². The third-order valence-electron chi connectivity index (χ3n) is 3.76. The molecule has 1 aliphatic heterocycles. The van der Waals surface area contributed by atoms with E-state index in [1.807, 2.05) is 13.0 Å². The van der Waals surface area contributed by atoms with Crippen molar-refractivity contribution in [1.29, 1.82) is 0 Å². The van der Waals surface area contributed by atoms with Crippen LogP contribution in [0.2, 0.25) is 0 Å². The van der Waals surface area contributed by atoms with E-state index in [-0.39, 0.29) is 11.6 Å². The molecule has 0 atom stereocenters. The van der Waals surface area contributed by atoms with Crippen LogP contribution >= 0.6 is 0 Å². The summed E-state index contributed by atoms with van der Waals surface area (Å²) in [5.41, 5.74) is 0.918. The molecule has 1 aromatic carbocycles. The third-order valence-corrected chi connectivity index (χ3v) is 5.72. The molecule has 0 spiro atoms. The van der Waals surface area contributed by atoms with Crippen LogP contribution < -0.4 is 10.6 Å². The standard InChI is InChI=1S/C16H25FN4O2S/c1-2-18-16(19-8-7-14-5-3-6-15(17)13-14)20-9-11-21-10-4-12-24(21,22)23/h3,5-6,13H,2,4,7-12H2,1H3,(H2,18,19,20). The van der Waals surface area contributed by atoms with Gasteiger partial charge < -0.3 is 10.6 Å². The maximum absolute atomic E-state index is 13.1. The maximum atomic E-state index is 13.1. The van der Waals surface area contributed by atoms with Gasteiger partial charge in [-0.15, -0.1) is 0 Å². The van der Waals surface area contributed by atoms with Gasteiger partial charge in [0.15, 0.2) is 5.96 Å². The number of nitrogens with zero attached hydrogens (tertiary/aromatic N) is 2. The monoisotopic (exact) mass is 356 g/mol. The minimum Gasteiger partial charge on any atom is -0.357 e. The second-order valence-electron chi connectivity index (χ2n) is 5.64. The normalized spacial score (nSPS) is 17.8. The zero-order valence-electron chi connectivity index (χ0n) is 14.0. The van der Waals surface area contributed by atoms with Crippen LogP contribution in [0.15, 0.2) is 29.3 Å². The molecule has 1 saturated heterocycles. The highest BCUT2D eigenvalue weighted by atomic mass is 32.2. The summed E-state index contributed by atoms with van der Waals surface area (Å²) in [5.74, 6) is 0.647. The molecule has 0 bridgehead atoms. The lowest BCUT2D eigenvalue weighted by Gasteiger charge is -2.14. The Morgan fingerprint density at radius 2 is 2.21 bits per heavy atom. The minimum atomic E-state index is -3.07. The first-order valence-electron chi connectivity index (χ1n) is 8.25. The van der Waals surface area contributed by atoms with Crippen LogP contribution in [-0.2, 0) is 16.4 Å². The van der Waals surface area contributed by atoms with Gasteiger partial charge in [-0.1, -0.05) is 12.1 Å². The molecule has 0 unspecified atom stereocenters. The van der Waals surface area contributed by atoms with Crippen molar-refractivity contribution in [2.45, 2.75) is 19.8 Å². The number of sulfonamides is 1. The average Bonchev–Trinajstić information content (AvgIpc) is 2.86. The highest BCUT2D eigenvalue weighted by Gasteiger charge is 2.27. The zero-order valence-corrected chi connectivity index (χ0v) is 14.8. The van der Waals surface area contributed by atoms with Gasteiger partial charge in [0, 0.05) is 26.2 Å². The number of benzene rings is 1. The summed E-state index contributed by atoms with van der Waals surface area (Å²) in [7, 11) is -3.07.